The van der Waals surface area contributed by atoms with Crippen LogP contribution in [0.2, 0.25) is 0 Å². The lowest BCUT2D eigenvalue weighted by Gasteiger charge is -2.26. The zero-order chi connectivity index (χ0) is 61.9. The number of carbonyl (C=O) groups is 3. The summed E-state index contributed by atoms with van der Waals surface area (Å²) in [7, 11) is 5.90. The van der Waals surface area contributed by atoms with Crippen LogP contribution in [0.15, 0.2) is 158 Å². The Hall–Kier alpha value is -5.09. The molecule has 9 heteroatoms. The molecule has 0 radical (unpaired) electrons. The number of carboxylic acid groups (broad SMARTS) is 1. The van der Waals surface area contributed by atoms with Gasteiger partial charge in [0.25, 0.3) is 0 Å². The number of unbranched alkanes of at least 4 members (excludes halogenated alkanes) is 19. The normalized spacial score (nSPS) is 13.8. The predicted octanol–water partition coefficient (Wildman–Crippen LogP) is 19.6. The van der Waals surface area contributed by atoms with E-state index in [0.29, 0.717) is 23.9 Å². The first-order valence-electron chi connectivity index (χ1n) is 33.6. The first kappa shape index (κ1) is 79.9. The molecule has 0 saturated carbocycles. The first-order chi connectivity index (χ1) is 41.6. The lowest BCUT2D eigenvalue weighted by molar-refractivity contribution is -0.870. The third kappa shape index (κ3) is 66.3. The van der Waals surface area contributed by atoms with E-state index in [2.05, 4.69) is 172 Å². The molecule has 0 aliphatic carbocycles. The van der Waals surface area contributed by atoms with E-state index in [1.807, 2.05) is 21.1 Å². The molecule has 0 aliphatic rings. The molecule has 9 nitrogen and oxygen atoms in total. The summed E-state index contributed by atoms with van der Waals surface area (Å²) in [4.78, 5) is 37.4. The van der Waals surface area contributed by atoms with Gasteiger partial charge in [-0.25, -0.2) is 0 Å². The quantitative estimate of drug-likeness (QED) is 0.0195. The number of carboxylic acids is 1. The smallest absolute Gasteiger partial charge is 0.306 e. The minimum atomic E-state index is -1.65. The van der Waals surface area contributed by atoms with Crippen LogP contribution >= 0.6 is 0 Å². The van der Waals surface area contributed by atoms with Crippen LogP contribution in [-0.4, -0.2) is 82.3 Å². The predicted molar refractivity (Wildman–Crippen MR) is 361 cm³/mol. The number of hydrogen-bond acceptors (Lipinski definition) is 8. The fourth-order valence-corrected chi connectivity index (χ4v) is 8.71. The highest BCUT2D eigenvalue weighted by atomic mass is 16.7. The molecule has 0 aromatic heterocycles. The molecular weight excluding hydrogens is 1050 g/mol. The highest BCUT2D eigenvalue weighted by molar-refractivity contribution is 5.70. The van der Waals surface area contributed by atoms with E-state index >= 15 is 0 Å². The molecule has 0 saturated heterocycles. The zero-order valence-electron chi connectivity index (χ0n) is 54.7. The number of aliphatic carboxylic acids is 1. The van der Waals surface area contributed by atoms with Crippen molar-refractivity contribution in [2.45, 2.75) is 257 Å². The van der Waals surface area contributed by atoms with Crippen molar-refractivity contribution in [2.24, 2.45) is 0 Å². The standard InChI is InChI=1S/C76H123NO8/c1-6-8-10-12-14-16-18-20-22-24-26-28-30-32-34-36-37-39-40-42-44-46-48-50-52-54-56-58-60-62-64-66-73(78)83-70-72(71-84-76(75(80)81)82-69-68-77(3,4)5)85-74(79)67-65-63-61-59-57-55-53-51-49-47-45-43-41-38-35-33-31-29-27-25-23-21-19-17-15-13-11-9-7-2/h8-11,14-17,20-23,26-29,33,35,41,43,47,49,53,55,59,61,72,76H,6-7,12-13,18-19,24-25,30-32,34,36-40,42,44-46,48,50-52,54,56-58,60,62-71H2,1-5H3/b10-8-,11-9-,16-14-,17-15-,22-20-,23-21-,28-26-,29-27-,35-33-,43-41-,49-47-,55-53-,61-59-. The molecule has 2 atom stereocenters. The van der Waals surface area contributed by atoms with Gasteiger partial charge in [0.1, 0.15) is 13.2 Å². The number of rotatable bonds is 60. The minimum absolute atomic E-state index is 0.129. The van der Waals surface area contributed by atoms with Crippen molar-refractivity contribution in [3.8, 4) is 0 Å². The third-order valence-electron chi connectivity index (χ3n) is 13.8. The molecule has 0 fully saturated rings. The number of ether oxygens (including phenoxy) is 4. The SMILES string of the molecule is CC/C=C\C/C=C\C/C=C\C/C=C\C/C=C\C/C=C\C/C=C\C/C=C\C/C=C\CCCC(=O)OC(COC(=O)CCCCCCCCCCCCCCCCCCCC/C=C\C/C=C\C/C=C\C/C=C\CC)COC(OCC[N+](C)(C)C)C(=O)[O-]. The molecule has 0 spiro atoms. The maximum absolute atomic E-state index is 12.9. The van der Waals surface area contributed by atoms with Gasteiger partial charge in [-0.15, -0.1) is 0 Å². The van der Waals surface area contributed by atoms with E-state index in [0.717, 1.165) is 103 Å². The third-order valence-corrected chi connectivity index (χ3v) is 13.8. The van der Waals surface area contributed by atoms with Gasteiger partial charge in [0, 0.05) is 12.8 Å². The Balaban J connectivity index is 4.26. The second-order valence-electron chi connectivity index (χ2n) is 23.0. The number of carbonyl (C=O) groups excluding carboxylic acids is 3. The summed E-state index contributed by atoms with van der Waals surface area (Å²) >= 11 is 0. The van der Waals surface area contributed by atoms with Crippen molar-refractivity contribution in [1.29, 1.82) is 0 Å². The van der Waals surface area contributed by atoms with Crippen LogP contribution in [0, 0.1) is 0 Å². The number of likely N-dealkylation sites (N-methyl/N-ethyl adjacent to an activating group) is 1. The molecule has 2 unspecified atom stereocenters. The highest BCUT2D eigenvalue weighted by Crippen LogP contribution is 2.16. The maximum atomic E-state index is 12.9. The average Bonchev–Trinajstić information content (AvgIpc) is 3.48. The van der Waals surface area contributed by atoms with Crippen molar-refractivity contribution < 1.29 is 42.9 Å². The molecule has 0 N–H and O–H groups in total. The molecule has 85 heavy (non-hydrogen) atoms. The van der Waals surface area contributed by atoms with Crippen LogP contribution in [0.3, 0.4) is 0 Å². The number of allylic oxidation sites excluding steroid dienone is 26. The first-order valence-corrected chi connectivity index (χ1v) is 33.6. The topological polar surface area (TPSA) is 111 Å². The fourth-order valence-electron chi connectivity index (χ4n) is 8.71. The number of quaternary nitrogens is 1. The Kier molecular flexibility index (Phi) is 61.0. The van der Waals surface area contributed by atoms with E-state index in [1.54, 1.807) is 0 Å². The van der Waals surface area contributed by atoms with Crippen molar-refractivity contribution in [3.05, 3.63) is 158 Å². The van der Waals surface area contributed by atoms with E-state index in [9.17, 15) is 19.5 Å². The largest absolute Gasteiger partial charge is 0.545 e. The molecule has 0 amide bonds. The molecule has 0 heterocycles. The van der Waals surface area contributed by atoms with Crippen molar-refractivity contribution >= 4 is 17.9 Å². The molecule has 0 aliphatic heterocycles. The van der Waals surface area contributed by atoms with Crippen LogP contribution in [0.4, 0.5) is 0 Å². The van der Waals surface area contributed by atoms with Gasteiger partial charge >= 0.3 is 11.9 Å². The lowest BCUT2D eigenvalue weighted by atomic mass is 10.0. The molecular formula is C76H123NO8. The molecule has 0 aromatic carbocycles. The van der Waals surface area contributed by atoms with Gasteiger partial charge in [0.2, 0.25) is 0 Å². The van der Waals surface area contributed by atoms with Crippen LogP contribution < -0.4 is 5.11 Å². The van der Waals surface area contributed by atoms with Gasteiger partial charge in [-0.1, -0.05) is 275 Å². The highest BCUT2D eigenvalue weighted by Gasteiger charge is 2.22. The van der Waals surface area contributed by atoms with E-state index in [4.69, 9.17) is 18.9 Å². The summed E-state index contributed by atoms with van der Waals surface area (Å²) in [5.74, 6) is -2.38. The number of hydrogen-bond donors (Lipinski definition) is 0. The fraction of sp³-hybridized carbons (Fsp3) is 0.618. The van der Waals surface area contributed by atoms with Crippen molar-refractivity contribution in [1.82, 2.24) is 0 Å². The zero-order valence-corrected chi connectivity index (χ0v) is 54.7. The van der Waals surface area contributed by atoms with Crippen LogP contribution in [0.5, 0.6) is 0 Å². The van der Waals surface area contributed by atoms with E-state index in [-0.39, 0.29) is 38.6 Å². The second kappa shape index (κ2) is 64.9. The Morgan fingerprint density at radius 1 is 0.353 bits per heavy atom. The van der Waals surface area contributed by atoms with E-state index in [1.165, 1.54) is 103 Å². The van der Waals surface area contributed by atoms with Crippen molar-refractivity contribution in [2.75, 3.05) is 47.5 Å². The van der Waals surface area contributed by atoms with E-state index < -0.39 is 24.3 Å². The second-order valence-corrected chi connectivity index (χ2v) is 23.0. The molecule has 480 valence electrons. The monoisotopic (exact) mass is 1180 g/mol. The van der Waals surface area contributed by atoms with Crippen LogP contribution in [0.25, 0.3) is 0 Å². The summed E-state index contributed by atoms with van der Waals surface area (Å²) in [5, 5.41) is 11.8. The number of nitrogens with zero attached hydrogens (tertiary/aromatic N) is 1. The van der Waals surface area contributed by atoms with Gasteiger partial charge in [0.05, 0.1) is 40.3 Å². The van der Waals surface area contributed by atoms with Gasteiger partial charge in [-0.05, 0) is 116 Å². The summed E-state index contributed by atoms with van der Waals surface area (Å²) in [6, 6.07) is 0. The van der Waals surface area contributed by atoms with Gasteiger partial charge in [-0.3, -0.25) is 9.59 Å². The molecule has 0 bridgehead atoms. The summed E-state index contributed by atoms with van der Waals surface area (Å²) in [5.41, 5.74) is 0. The van der Waals surface area contributed by atoms with Gasteiger partial charge in [-0.2, -0.15) is 0 Å². The minimum Gasteiger partial charge on any atom is -0.545 e. The van der Waals surface area contributed by atoms with Crippen LogP contribution in [-0.2, 0) is 33.3 Å². The Labute approximate surface area is 521 Å². The van der Waals surface area contributed by atoms with Crippen molar-refractivity contribution in [3.63, 3.8) is 0 Å². The lowest BCUT2D eigenvalue weighted by Crippen LogP contribution is -2.44. The molecule has 0 aromatic rings. The summed E-state index contributed by atoms with van der Waals surface area (Å²) < 4.78 is 22.7. The average molecular weight is 1180 g/mol. The Morgan fingerprint density at radius 2 is 0.647 bits per heavy atom. The maximum Gasteiger partial charge on any atom is 0.306 e. The van der Waals surface area contributed by atoms with Gasteiger partial charge < -0.3 is 33.3 Å². The summed E-state index contributed by atoms with van der Waals surface area (Å²) in [6.45, 7) is 4.45. The van der Waals surface area contributed by atoms with Gasteiger partial charge in [0.15, 0.2) is 12.4 Å². The Bertz CT molecular complexity index is 1950. The summed E-state index contributed by atoms with van der Waals surface area (Å²) in [6.07, 6.45) is 93.3. The number of esters is 2. The van der Waals surface area contributed by atoms with Crippen LogP contribution in [0.1, 0.15) is 245 Å². The Morgan fingerprint density at radius 3 is 0.976 bits per heavy atom. The molecule has 0 rings (SSSR count).